The van der Waals surface area contributed by atoms with Gasteiger partial charge < -0.3 is 10.2 Å². The summed E-state index contributed by atoms with van der Waals surface area (Å²) in [5.74, 6) is -0.783. The van der Waals surface area contributed by atoms with Crippen LogP contribution in [0.3, 0.4) is 0 Å². The molecule has 0 saturated carbocycles. The molecule has 1 aromatic carbocycles. The van der Waals surface area contributed by atoms with E-state index in [1.165, 1.54) is 12.1 Å². The van der Waals surface area contributed by atoms with Crippen molar-refractivity contribution in [2.45, 2.75) is 18.5 Å². The van der Waals surface area contributed by atoms with Gasteiger partial charge in [0.05, 0.1) is 12.1 Å². The van der Waals surface area contributed by atoms with Gasteiger partial charge in [-0.1, -0.05) is 16.6 Å². The quantitative estimate of drug-likeness (QED) is 0.927. The highest BCUT2D eigenvalue weighted by Gasteiger charge is 2.39. The van der Waals surface area contributed by atoms with Crippen LogP contribution in [0.5, 0.6) is 0 Å². The van der Waals surface area contributed by atoms with Gasteiger partial charge in [-0.05, 0) is 29.2 Å². The maximum atomic E-state index is 13.1. The molecule has 1 aliphatic heterocycles. The second kappa shape index (κ2) is 5.80. The van der Waals surface area contributed by atoms with Crippen molar-refractivity contribution >= 4 is 23.3 Å². The van der Waals surface area contributed by atoms with E-state index in [1.807, 2.05) is 0 Å². The summed E-state index contributed by atoms with van der Waals surface area (Å²) in [6.07, 6.45) is 0.196. The Bertz CT molecular complexity index is 689. The number of likely N-dealkylation sites (tertiary alicyclic amines) is 1. The third-order valence-corrected chi connectivity index (χ3v) is 4.21. The molecule has 2 atom stereocenters. The van der Waals surface area contributed by atoms with Crippen molar-refractivity contribution in [3.63, 3.8) is 0 Å². The Morgan fingerprint density at radius 1 is 1.41 bits per heavy atom. The summed E-state index contributed by atoms with van der Waals surface area (Å²) < 4.78 is 16.7. The van der Waals surface area contributed by atoms with E-state index < -0.39 is 6.04 Å². The Kier molecular flexibility index (Phi) is 3.84. The maximum Gasteiger partial charge on any atom is 0.273 e. The fraction of sp³-hybridized carbons (Fsp3) is 0.286. The first-order valence-electron chi connectivity index (χ1n) is 6.65. The van der Waals surface area contributed by atoms with Gasteiger partial charge in [-0.25, -0.2) is 4.39 Å². The molecule has 114 valence electrons. The number of nitrogens with one attached hydrogen (secondary N) is 1. The molecule has 0 aliphatic carbocycles. The van der Waals surface area contributed by atoms with Crippen LogP contribution in [0.1, 0.15) is 28.5 Å². The number of halogens is 1. The number of carbonyl (C=O) groups excluding carboxylic acids is 2. The van der Waals surface area contributed by atoms with Crippen LogP contribution in [-0.2, 0) is 4.79 Å². The van der Waals surface area contributed by atoms with Crippen molar-refractivity contribution in [2.75, 3.05) is 7.05 Å². The second-order valence-electron chi connectivity index (χ2n) is 5.08. The first-order chi connectivity index (χ1) is 10.6. The molecule has 2 heterocycles. The van der Waals surface area contributed by atoms with Gasteiger partial charge in [0.1, 0.15) is 5.82 Å². The van der Waals surface area contributed by atoms with E-state index >= 15 is 0 Å². The predicted octanol–water partition coefficient (Wildman–Crippen LogP) is 1.38. The van der Waals surface area contributed by atoms with Gasteiger partial charge in [-0.2, -0.15) is 0 Å². The number of aromatic nitrogens is 2. The molecule has 0 spiro atoms. The molecule has 2 aromatic rings. The first kappa shape index (κ1) is 14.6. The number of hydrogen-bond acceptors (Lipinski definition) is 5. The average Bonchev–Trinajstić information content (AvgIpc) is 3.11. The van der Waals surface area contributed by atoms with E-state index in [2.05, 4.69) is 14.9 Å². The van der Waals surface area contributed by atoms with E-state index in [-0.39, 0.29) is 35.8 Å². The Morgan fingerprint density at radius 3 is 2.77 bits per heavy atom. The molecule has 8 heteroatoms. The van der Waals surface area contributed by atoms with E-state index in [4.69, 9.17) is 0 Å². The third kappa shape index (κ3) is 2.69. The number of rotatable bonds is 3. The predicted molar refractivity (Wildman–Crippen MR) is 77.7 cm³/mol. The summed E-state index contributed by atoms with van der Waals surface area (Å²) in [5, 5.41) is 8.07. The fourth-order valence-electron chi connectivity index (χ4n) is 2.62. The van der Waals surface area contributed by atoms with Gasteiger partial charge in [-0.3, -0.25) is 9.59 Å². The fourth-order valence-corrected chi connectivity index (χ4v) is 3.06. The zero-order chi connectivity index (χ0) is 15.7. The summed E-state index contributed by atoms with van der Waals surface area (Å²) in [7, 11) is 1.67. The standard InChI is InChI=1S/C14H13FN4O2S/c1-19-12(20)6-10(16-14(21)11-7-22-18-17-11)13(19)8-2-4-9(15)5-3-8/h2-5,7,10,13H,6H2,1H3,(H,16,21)/t10-,13+/m1/s1. The third-order valence-electron chi connectivity index (χ3n) is 3.71. The number of hydrogen-bond donors (Lipinski definition) is 1. The zero-order valence-electron chi connectivity index (χ0n) is 11.7. The number of nitrogens with zero attached hydrogens (tertiary/aromatic N) is 3. The highest BCUT2D eigenvalue weighted by Crippen LogP contribution is 2.32. The molecule has 1 fully saturated rings. The number of carbonyl (C=O) groups is 2. The first-order valence-corrected chi connectivity index (χ1v) is 7.49. The zero-order valence-corrected chi connectivity index (χ0v) is 12.5. The molecule has 1 aromatic heterocycles. The van der Waals surface area contributed by atoms with Crippen molar-refractivity contribution < 1.29 is 14.0 Å². The lowest BCUT2D eigenvalue weighted by Gasteiger charge is -2.25. The molecule has 1 aliphatic rings. The largest absolute Gasteiger partial charge is 0.345 e. The molecule has 6 nitrogen and oxygen atoms in total. The van der Waals surface area contributed by atoms with Crippen molar-refractivity contribution in [1.29, 1.82) is 0 Å². The molecule has 0 unspecified atom stereocenters. The van der Waals surface area contributed by atoms with Crippen molar-refractivity contribution in [1.82, 2.24) is 19.8 Å². The number of likely N-dealkylation sites (N-methyl/N-ethyl adjacent to an activating group) is 1. The molecule has 0 bridgehead atoms. The van der Waals surface area contributed by atoms with E-state index in [9.17, 15) is 14.0 Å². The molecule has 22 heavy (non-hydrogen) atoms. The second-order valence-corrected chi connectivity index (χ2v) is 5.69. The Labute approximate surface area is 130 Å². The Hall–Kier alpha value is -2.35. The van der Waals surface area contributed by atoms with Gasteiger partial charge in [0.2, 0.25) is 5.91 Å². The van der Waals surface area contributed by atoms with E-state index in [1.54, 1.807) is 29.5 Å². The summed E-state index contributed by atoms with van der Waals surface area (Å²) in [4.78, 5) is 25.7. The highest BCUT2D eigenvalue weighted by atomic mass is 32.1. The minimum Gasteiger partial charge on any atom is -0.345 e. The average molecular weight is 320 g/mol. The van der Waals surface area contributed by atoms with Crippen LogP contribution in [0.15, 0.2) is 29.6 Å². The van der Waals surface area contributed by atoms with Crippen LogP contribution in [0.2, 0.25) is 0 Å². The summed E-state index contributed by atoms with van der Waals surface area (Å²) >= 11 is 1.08. The lowest BCUT2D eigenvalue weighted by molar-refractivity contribution is -0.127. The van der Waals surface area contributed by atoms with Crippen LogP contribution >= 0.6 is 11.5 Å². The summed E-state index contributed by atoms with van der Waals surface area (Å²) in [5.41, 5.74) is 1.00. The van der Waals surface area contributed by atoms with Crippen LogP contribution in [-0.4, -0.2) is 39.4 Å². The van der Waals surface area contributed by atoms with Gasteiger partial charge in [0, 0.05) is 18.8 Å². The monoisotopic (exact) mass is 320 g/mol. The lowest BCUT2D eigenvalue weighted by atomic mass is 10.00. The molecule has 1 N–H and O–H groups in total. The van der Waals surface area contributed by atoms with Crippen LogP contribution in [0, 0.1) is 5.82 Å². The van der Waals surface area contributed by atoms with Gasteiger partial charge in [0.15, 0.2) is 5.69 Å². The van der Waals surface area contributed by atoms with Gasteiger partial charge in [0.25, 0.3) is 5.91 Å². The molecule has 2 amide bonds. The number of amides is 2. The van der Waals surface area contributed by atoms with Crippen LogP contribution < -0.4 is 5.32 Å². The van der Waals surface area contributed by atoms with E-state index in [0.717, 1.165) is 17.1 Å². The lowest BCUT2D eigenvalue weighted by Crippen LogP contribution is -2.39. The summed E-state index contributed by atoms with van der Waals surface area (Å²) in [6.45, 7) is 0. The molecule has 0 radical (unpaired) electrons. The minimum atomic E-state index is -0.392. The summed E-state index contributed by atoms with van der Waals surface area (Å²) in [6, 6.07) is 5.21. The molecule has 3 rings (SSSR count). The smallest absolute Gasteiger partial charge is 0.273 e. The molecular weight excluding hydrogens is 307 g/mol. The maximum absolute atomic E-state index is 13.1. The van der Waals surface area contributed by atoms with Crippen LogP contribution in [0.4, 0.5) is 4.39 Å². The van der Waals surface area contributed by atoms with Crippen molar-refractivity contribution in [3.8, 4) is 0 Å². The normalized spacial score (nSPS) is 21.2. The van der Waals surface area contributed by atoms with Crippen molar-refractivity contribution in [3.05, 3.63) is 46.7 Å². The SMILES string of the molecule is CN1C(=O)C[C@@H](NC(=O)c2csnn2)[C@@H]1c1ccc(F)cc1. The van der Waals surface area contributed by atoms with Crippen molar-refractivity contribution in [2.24, 2.45) is 0 Å². The van der Waals surface area contributed by atoms with Crippen LogP contribution in [0.25, 0.3) is 0 Å². The molecule has 1 saturated heterocycles. The van der Waals surface area contributed by atoms with E-state index in [0.29, 0.717) is 0 Å². The van der Waals surface area contributed by atoms with Gasteiger partial charge in [-0.15, -0.1) is 5.10 Å². The van der Waals surface area contributed by atoms with Gasteiger partial charge >= 0.3 is 0 Å². The molecular formula is C14H13FN4O2S. The number of benzene rings is 1. The topological polar surface area (TPSA) is 75.2 Å². The Morgan fingerprint density at radius 2 is 2.14 bits per heavy atom. The minimum absolute atomic E-state index is 0.0731. The Balaban J connectivity index is 1.83. The highest BCUT2D eigenvalue weighted by molar-refractivity contribution is 7.03.